The number of aryl methyl sites for hydroxylation is 1. The Bertz CT molecular complexity index is 582. The number of rotatable bonds is 6. The van der Waals surface area contributed by atoms with Crippen molar-refractivity contribution >= 4 is 11.7 Å². The minimum absolute atomic E-state index is 0.0561. The summed E-state index contributed by atoms with van der Waals surface area (Å²) in [5.41, 5.74) is 2.44. The van der Waals surface area contributed by atoms with E-state index in [9.17, 15) is 4.79 Å². The van der Waals surface area contributed by atoms with E-state index in [0.717, 1.165) is 12.8 Å². The molecule has 0 radical (unpaired) electrons. The molecule has 0 aliphatic carbocycles. The van der Waals surface area contributed by atoms with E-state index in [0.29, 0.717) is 12.4 Å². The van der Waals surface area contributed by atoms with Gasteiger partial charge in [0, 0.05) is 18.2 Å². The molecule has 1 N–H and O–H groups in total. The highest BCUT2D eigenvalue weighted by molar-refractivity contribution is 5.91. The Labute approximate surface area is 126 Å². The molecular weight excluding hydrogens is 262 g/mol. The zero-order valence-electron chi connectivity index (χ0n) is 13.0. The molecule has 4 heteroatoms. The summed E-state index contributed by atoms with van der Waals surface area (Å²) in [6.07, 6.45) is 3.60. The van der Waals surface area contributed by atoms with Crippen molar-refractivity contribution in [3.63, 3.8) is 0 Å². The first-order valence-electron chi connectivity index (χ1n) is 7.52. The maximum Gasteiger partial charge on any atom is 0.228 e. The third kappa shape index (κ3) is 4.18. The lowest BCUT2D eigenvalue weighted by atomic mass is 10.0. The van der Waals surface area contributed by atoms with Crippen LogP contribution in [-0.2, 0) is 11.3 Å². The Morgan fingerprint density at radius 3 is 2.48 bits per heavy atom. The number of benzene rings is 1. The summed E-state index contributed by atoms with van der Waals surface area (Å²) >= 11 is 0. The van der Waals surface area contributed by atoms with Crippen LogP contribution in [0.15, 0.2) is 36.5 Å². The average Bonchev–Trinajstić information content (AvgIpc) is 2.90. The first kappa shape index (κ1) is 15.3. The van der Waals surface area contributed by atoms with E-state index < -0.39 is 0 Å². The standard InChI is InChI=1S/C17H23N3O/c1-4-15(5-2)17(21)18-16-10-11-20(19-16)12-14-8-6-13(3)7-9-14/h6-11,15H,4-5,12H2,1-3H3,(H,18,19,21). The second kappa shape index (κ2) is 7.07. The van der Waals surface area contributed by atoms with Crippen LogP contribution < -0.4 is 5.32 Å². The van der Waals surface area contributed by atoms with Crippen molar-refractivity contribution in [3.05, 3.63) is 47.7 Å². The minimum atomic E-state index is 0.0561. The number of nitrogens with zero attached hydrogens (tertiary/aromatic N) is 2. The van der Waals surface area contributed by atoms with Crippen LogP contribution >= 0.6 is 0 Å². The van der Waals surface area contributed by atoms with Crippen molar-refractivity contribution in [2.45, 2.75) is 40.2 Å². The Balaban J connectivity index is 1.98. The molecule has 21 heavy (non-hydrogen) atoms. The van der Waals surface area contributed by atoms with Crippen molar-refractivity contribution in [1.82, 2.24) is 9.78 Å². The Kier molecular flexibility index (Phi) is 5.14. The Morgan fingerprint density at radius 2 is 1.86 bits per heavy atom. The summed E-state index contributed by atoms with van der Waals surface area (Å²) < 4.78 is 1.84. The molecule has 0 atom stereocenters. The maximum atomic E-state index is 12.0. The quantitative estimate of drug-likeness (QED) is 0.881. The lowest BCUT2D eigenvalue weighted by molar-refractivity contribution is -0.120. The van der Waals surface area contributed by atoms with E-state index in [1.807, 2.05) is 30.8 Å². The topological polar surface area (TPSA) is 46.9 Å². The van der Waals surface area contributed by atoms with Gasteiger partial charge in [0.25, 0.3) is 0 Å². The fraction of sp³-hybridized carbons (Fsp3) is 0.412. The molecule has 1 aromatic heterocycles. The van der Waals surface area contributed by atoms with Crippen LogP contribution in [0.2, 0.25) is 0 Å². The maximum absolute atomic E-state index is 12.0. The van der Waals surface area contributed by atoms with Crippen LogP contribution in [0, 0.1) is 12.8 Å². The highest BCUT2D eigenvalue weighted by Crippen LogP contribution is 2.12. The highest BCUT2D eigenvalue weighted by atomic mass is 16.1. The van der Waals surface area contributed by atoms with Crippen molar-refractivity contribution in [1.29, 1.82) is 0 Å². The van der Waals surface area contributed by atoms with Crippen LogP contribution in [0.4, 0.5) is 5.82 Å². The van der Waals surface area contributed by atoms with Gasteiger partial charge in [-0.25, -0.2) is 0 Å². The summed E-state index contributed by atoms with van der Waals surface area (Å²) in [7, 11) is 0. The molecule has 0 bridgehead atoms. The van der Waals surface area contributed by atoms with Crippen molar-refractivity contribution in [2.75, 3.05) is 5.32 Å². The van der Waals surface area contributed by atoms with E-state index in [1.54, 1.807) is 0 Å². The molecule has 4 nitrogen and oxygen atoms in total. The number of carbonyl (C=O) groups is 1. The van der Waals surface area contributed by atoms with Gasteiger partial charge in [-0.3, -0.25) is 9.48 Å². The van der Waals surface area contributed by atoms with Gasteiger partial charge in [0.15, 0.2) is 5.82 Å². The third-order valence-electron chi connectivity index (χ3n) is 3.71. The summed E-state index contributed by atoms with van der Waals surface area (Å²) in [6.45, 7) is 6.85. The van der Waals surface area contributed by atoms with Crippen LogP contribution in [0.1, 0.15) is 37.8 Å². The predicted molar refractivity (Wildman–Crippen MR) is 85.2 cm³/mol. The number of aromatic nitrogens is 2. The summed E-state index contributed by atoms with van der Waals surface area (Å²) in [4.78, 5) is 12.0. The van der Waals surface area contributed by atoms with Gasteiger partial charge in [-0.1, -0.05) is 43.7 Å². The molecule has 1 aromatic carbocycles. The van der Waals surface area contributed by atoms with Gasteiger partial charge >= 0.3 is 0 Å². The molecule has 112 valence electrons. The van der Waals surface area contributed by atoms with E-state index in [2.05, 4.69) is 41.6 Å². The second-order valence-electron chi connectivity index (χ2n) is 5.39. The highest BCUT2D eigenvalue weighted by Gasteiger charge is 2.15. The van der Waals surface area contributed by atoms with Crippen molar-refractivity contribution in [2.24, 2.45) is 5.92 Å². The fourth-order valence-corrected chi connectivity index (χ4v) is 2.28. The largest absolute Gasteiger partial charge is 0.309 e. The lowest BCUT2D eigenvalue weighted by Gasteiger charge is -2.10. The van der Waals surface area contributed by atoms with Gasteiger partial charge in [0.2, 0.25) is 5.91 Å². The molecule has 0 aliphatic heterocycles. The third-order valence-corrected chi connectivity index (χ3v) is 3.71. The predicted octanol–water partition coefficient (Wildman–Crippen LogP) is 3.61. The summed E-state index contributed by atoms with van der Waals surface area (Å²) in [5.74, 6) is 0.742. The lowest BCUT2D eigenvalue weighted by Crippen LogP contribution is -2.22. The number of nitrogens with one attached hydrogen (secondary N) is 1. The van der Waals surface area contributed by atoms with Gasteiger partial charge < -0.3 is 5.32 Å². The molecule has 2 rings (SSSR count). The zero-order valence-corrected chi connectivity index (χ0v) is 13.0. The smallest absolute Gasteiger partial charge is 0.228 e. The van der Waals surface area contributed by atoms with Crippen molar-refractivity contribution in [3.8, 4) is 0 Å². The zero-order chi connectivity index (χ0) is 15.2. The number of amides is 1. The van der Waals surface area contributed by atoms with Crippen LogP contribution in [0.5, 0.6) is 0 Å². The first-order valence-corrected chi connectivity index (χ1v) is 7.52. The monoisotopic (exact) mass is 285 g/mol. The molecule has 0 aliphatic rings. The van der Waals surface area contributed by atoms with Gasteiger partial charge in [-0.15, -0.1) is 0 Å². The van der Waals surface area contributed by atoms with E-state index in [1.165, 1.54) is 11.1 Å². The molecule has 2 aromatic rings. The van der Waals surface area contributed by atoms with Crippen LogP contribution in [-0.4, -0.2) is 15.7 Å². The van der Waals surface area contributed by atoms with Gasteiger partial charge in [-0.05, 0) is 25.3 Å². The summed E-state index contributed by atoms with van der Waals surface area (Å²) in [5, 5.41) is 7.29. The Hall–Kier alpha value is -2.10. The van der Waals surface area contributed by atoms with E-state index >= 15 is 0 Å². The van der Waals surface area contributed by atoms with Crippen LogP contribution in [0.25, 0.3) is 0 Å². The molecule has 1 amide bonds. The molecule has 0 fully saturated rings. The van der Waals surface area contributed by atoms with Crippen molar-refractivity contribution < 1.29 is 4.79 Å². The normalized spacial score (nSPS) is 10.9. The van der Waals surface area contributed by atoms with Gasteiger partial charge in [-0.2, -0.15) is 5.10 Å². The van der Waals surface area contributed by atoms with Gasteiger partial charge in [0.05, 0.1) is 6.54 Å². The fourth-order valence-electron chi connectivity index (χ4n) is 2.28. The number of carbonyl (C=O) groups excluding carboxylic acids is 1. The SMILES string of the molecule is CCC(CC)C(=O)Nc1ccn(Cc2ccc(C)cc2)n1. The average molecular weight is 285 g/mol. The first-order chi connectivity index (χ1) is 10.1. The van der Waals surface area contributed by atoms with E-state index in [-0.39, 0.29) is 11.8 Å². The van der Waals surface area contributed by atoms with E-state index in [4.69, 9.17) is 0 Å². The molecule has 0 unspecified atom stereocenters. The molecule has 0 saturated heterocycles. The molecule has 1 heterocycles. The molecule has 0 saturated carbocycles. The van der Waals surface area contributed by atoms with Gasteiger partial charge in [0.1, 0.15) is 0 Å². The number of anilines is 1. The minimum Gasteiger partial charge on any atom is -0.309 e. The Morgan fingerprint density at radius 1 is 1.19 bits per heavy atom. The van der Waals surface area contributed by atoms with Crippen LogP contribution in [0.3, 0.4) is 0 Å². The molecule has 0 spiro atoms. The summed E-state index contributed by atoms with van der Waals surface area (Å²) in [6, 6.07) is 10.2. The number of hydrogen-bond donors (Lipinski definition) is 1. The number of hydrogen-bond acceptors (Lipinski definition) is 2. The second-order valence-corrected chi connectivity index (χ2v) is 5.39. The molecular formula is C17H23N3O.